The van der Waals surface area contributed by atoms with Crippen LogP contribution in [0.4, 0.5) is 19.4 Å². The van der Waals surface area contributed by atoms with E-state index in [0.717, 1.165) is 45.1 Å². The van der Waals surface area contributed by atoms with E-state index >= 15 is 8.78 Å². The fourth-order valence-corrected chi connectivity index (χ4v) is 15.0. The molecule has 2 bridgehead atoms. The van der Waals surface area contributed by atoms with Gasteiger partial charge in [0, 0.05) is 24.5 Å². The van der Waals surface area contributed by atoms with Gasteiger partial charge in [-0.25, -0.2) is 13.6 Å². The quantitative estimate of drug-likeness (QED) is 0.123. The number of amides is 1. The second kappa shape index (κ2) is 15.2. The molecular weight excluding hydrogens is 809 g/mol. The first-order chi connectivity index (χ1) is 27.1. The van der Waals surface area contributed by atoms with E-state index in [2.05, 4.69) is 107 Å². The molecule has 0 saturated carbocycles. The van der Waals surface area contributed by atoms with Gasteiger partial charge in [0.15, 0.2) is 5.82 Å². The van der Waals surface area contributed by atoms with Gasteiger partial charge < -0.3 is 18.8 Å². The second-order valence-corrected chi connectivity index (χ2v) is 23.5. The number of carbonyl (C=O) groups excluding carboxylic acids is 1. The van der Waals surface area contributed by atoms with E-state index in [9.17, 15) is 4.79 Å². The number of benzene rings is 3. The molecule has 1 amide bonds. The van der Waals surface area contributed by atoms with E-state index in [1.54, 1.807) is 0 Å². The van der Waals surface area contributed by atoms with Crippen molar-refractivity contribution in [2.75, 3.05) is 37.7 Å². The first-order valence-corrected chi connectivity index (χ1v) is 23.1. The number of hydrogen-bond acceptors (Lipinski definition) is 8. The summed E-state index contributed by atoms with van der Waals surface area (Å²) in [4.78, 5) is 29.1. The molecule has 9 nitrogen and oxygen atoms in total. The largest absolute Gasteiger partial charge is 0.461 e. The smallest absolute Gasteiger partial charge is 0.410 e. The molecule has 4 atom stereocenters. The molecule has 0 aliphatic carbocycles. The molecule has 0 N–H and O–H groups in total. The van der Waals surface area contributed by atoms with Gasteiger partial charge in [0.05, 0.1) is 28.7 Å². The van der Waals surface area contributed by atoms with Gasteiger partial charge in [0.2, 0.25) is 0 Å². The molecule has 0 unspecified atom stereocenters. The maximum absolute atomic E-state index is 15.9. The first-order valence-electron chi connectivity index (χ1n) is 20.4. The Kier molecular flexibility index (Phi) is 10.7. The van der Waals surface area contributed by atoms with Crippen LogP contribution >= 0.6 is 15.9 Å². The topological polar surface area (TPSA) is 80.3 Å². The van der Waals surface area contributed by atoms with Crippen molar-refractivity contribution < 1.29 is 27.5 Å². The third-order valence-corrected chi connectivity index (χ3v) is 18.3. The molecule has 8 rings (SSSR count). The highest BCUT2D eigenvalue weighted by atomic mass is 79.9. The van der Waals surface area contributed by atoms with Crippen LogP contribution in [0.25, 0.3) is 10.9 Å². The lowest BCUT2D eigenvalue weighted by atomic mass is 9.95. The highest BCUT2D eigenvalue weighted by molar-refractivity contribution is 9.10. The average molecular weight is 863 g/mol. The highest BCUT2D eigenvalue weighted by Gasteiger charge is 2.54. The van der Waals surface area contributed by atoms with Crippen LogP contribution < -0.4 is 20.0 Å². The van der Waals surface area contributed by atoms with Gasteiger partial charge in [-0.1, -0.05) is 81.4 Å². The number of hydrogen-bond donors (Lipinski definition) is 0. The number of rotatable bonds is 9. The predicted octanol–water partition coefficient (Wildman–Crippen LogP) is 8.21. The summed E-state index contributed by atoms with van der Waals surface area (Å²) in [7, 11) is -2.72. The summed E-state index contributed by atoms with van der Waals surface area (Å²) in [5, 5.41) is 2.67. The summed E-state index contributed by atoms with van der Waals surface area (Å²) in [6, 6.07) is 22.8. The number of aromatic nitrogens is 2. The number of fused-ring (bicyclic) bond motifs is 4. The standard InChI is InChI=1S/C44H54BrF2N5O4Si/c1-42(2,3)56-41(53)52-29-18-19-30(52)26-50(25-29)39-34-24-35(46)36(45)37(47)38(34)48-40(49-39)54-28-44-21-13-23-51(44)31(20-22-44)27-55-57(43(4,5)6,32-14-9-7-10-15-32)33-16-11-8-12-17-33/h7-12,14-17,24,29-31H,13,18-23,25-28H2,1-6H3/t29-,30+,31-,44-/m0/s1. The molecule has 5 heterocycles. The van der Waals surface area contributed by atoms with E-state index in [1.165, 1.54) is 16.4 Å². The third kappa shape index (κ3) is 7.35. The number of carbonyl (C=O) groups is 1. The van der Waals surface area contributed by atoms with Gasteiger partial charge in [-0.3, -0.25) is 9.80 Å². The van der Waals surface area contributed by atoms with E-state index in [0.29, 0.717) is 32.1 Å². The Balaban J connectivity index is 1.05. The molecule has 57 heavy (non-hydrogen) atoms. The molecule has 1 aromatic heterocycles. The van der Waals surface area contributed by atoms with Crippen molar-refractivity contribution in [3.05, 3.63) is 82.8 Å². The van der Waals surface area contributed by atoms with Crippen LogP contribution in [0.2, 0.25) is 5.04 Å². The van der Waals surface area contributed by atoms with Crippen LogP contribution in [-0.4, -0.2) is 96.3 Å². The molecule has 0 spiro atoms. The lowest BCUT2D eigenvalue weighted by molar-refractivity contribution is 0.0122. The fourth-order valence-electron chi connectivity index (χ4n) is 10.1. The Labute approximate surface area is 344 Å². The van der Waals surface area contributed by atoms with E-state index in [1.807, 2.05) is 30.6 Å². The van der Waals surface area contributed by atoms with Crippen molar-refractivity contribution in [2.45, 2.75) is 114 Å². The Hall–Kier alpha value is -3.65. The molecular formula is C44H54BrF2N5O4Si. The van der Waals surface area contributed by atoms with Crippen molar-refractivity contribution in [1.29, 1.82) is 0 Å². The maximum atomic E-state index is 15.9. The van der Waals surface area contributed by atoms with E-state index < -0.39 is 25.6 Å². The summed E-state index contributed by atoms with van der Waals surface area (Å²) in [5.74, 6) is -1.12. The van der Waals surface area contributed by atoms with Crippen LogP contribution in [0.15, 0.2) is 71.2 Å². The zero-order valence-corrected chi connectivity index (χ0v) is 36.5. The van der Waals surface area contributed by atoms with Crippen LogP contribution in [0, 0.1) is 11.6 Å². The van der Waals surface area contributed by atoms with Crippen molar-refractivity contribution in [3.8, 4) is 6.01 Å². The van der Waals surface area contributed by atoms with Crippen LogP contribution in [0.5, 0.6) is 6.01 Å². The highest BCUT2D eigenvalue weighted by Crippen LogP contribution is 2.45. The Bertz CT molecular complexity index is 2070. The van der Waals surface area contributed by atoms with Gasteiger partial charge >= 0.3 is 12.1 Å². The Morgan fingerprint density at radius 3 is 2.14 bits per heavy atom. The minimum Gasteiger partial charge on any atom is -0.461 e. The van der Waals surface area contributed by atoms with Crippen LogP contribution in [0.1, 0.15) is 80.1 Å². The number of anilines is 1. The normalized spacial score (nSPS) is 24.0. The molecule has 13 heteroatoms. The SMILES string of the molecule is CC(C)(C)OC(=O)N1[C@@H]2CC[C@H]1CN(c1nc(OC[C@@]34CCCN3[C@H](CO[Si](c3ccccc3)(c3ccccc3)C(C)(C)C)CC4)nc3c(F)c(Br)c(F)cc13)C2. The average Bonchev–Trinajstić information content (AvgIpc) is 3.82. The second-order valence-electron chi connectivity index (χ2n) is 18.4. The maximum Gasteiger partial charge on any atom is 0.410 e. The molecule has 304 valence electrons. The summed E-state index contributed by atoms with van der Waals surface area (Å²) in [6.45, 7) is 15.3. The Morgan fingerprint density at radius 1 is 0.912 bits per heavy atom. The minimum atomic E-state index is -2.72. The van der Waals surface area contributed by atoms with E-state index in [4.69, 9.17) is 18.9 Å². The minimum absolute atomic E-state index is 0.00558. The van der Waals surface area contributed by atoms with E-state index in [-0.39, 0.29) is 56.2 Å². The van der Waals surface area contributed by atoms with Gasteiger partial charge in [-0.15, -0.1) is 0 Å². The Morgan fingerprint density at radius 2 is 1.54 bits per heavy atom. The van der Waals surface area contributed by atoms with Crippen molar-refractivity contribution >= 4 is 57.4 Å². The van der Waals surface area contributed by atoms with Crippen LogP contribution in [0.3, 0.4) is 0 Å². The number of ether oxygens (including phenoxy) is 2. The molecule has 0 radical (unpaired) electrons. The number of halogens is 3. The fraction of sp³-hybridized carbons (Fsp3) is 0.523. The molecule has 4 aliphatic heterocycles. The van der Waals surface area contributed by atoms with Gasteiger partial charge in [-0.2, -0.15) is 9.97 Å². The summed E-state index contributed by atoms with van der Waals surface area (Å²) in [5.41, 5.74) is -0.860. The first kappa shape index (κ1) is 40.1. The monoisotopic (exact) mass is 861 g/mol. The molecule has 4 saturated heterocycles. The van der Waals surface area contributed by atoms with Gasteiger partial charge in [0.25, 0.3) is 8.32 Å². The van der Waals surface area contributed by atoms with Crippen molar-refractivity contribution in [1.82, 2.24) is 19.8 Å². The van der Waals surface area contributed by atoms with Crippen molar-refractivity contribution in [3.63, 3.8) is 0 Å². The third-order valence-electron chi connectivity index (χ3n) is 12.6. The molecule has 4 fully saturated rings. The summed E-state index contributed by atoms with van der Waals surface area (Å²) < 4.78 is 50.4. The van der Waals surface area contributed by atoms with Crippen molar-refractivity contribution in [2.24, 2.45) is 0 Å². The number of piperazine rings is 1. The molecule has 3 aromatic carbocycles. The predicted molar refractivity (Wildman–Crippen MR) is 225 cm³/mol. The lowest BCUT2D eigenvalue weighted by Gasteiger charge is -2.44. The van der Waals surface area contributed by atoms with Crippen LogP contribution in [-0.2, 0) is 9.16 Å². The number of nitrogens with zero attached hydrogens (tertiary/aromatic N) is 5. The lowest BCUT2D eigenvalue weighted by Crippen LogP contribution is -2.67. The van der Waals surface area contributed by atoms with Gasteiger partial charge in [0.1, 0.15) is 29.4 Å². The zero-order valence-electron chi connectivity index (χ0n) is 33.9. The van der Waals surface area contributed by atoms with Gasteiger partial charge in [-0.05, 0) is 103 Å². The molecule has 4 aromatic rings. The summed E-state index contributed by atoms with van der Waals surface area (Å²) >= 11 is 3.09. The molecule has 4 aliphatic rings. The summed E-state index contributed by atoms with van der Waals surface area (Å²) in [6.07, 6.45) is 5.18. The zero-order chi connectivity index (χ0) is 40.3.